The summed E-state index contributed by atoms with van der Waals surface area (Å²) in [6.07, 6.45) is -1.68. The van der Waals surface area contributed by atoms with Crippen molar-refractivity contribution in [3.05, 3.63) is 106 Å². The summed E-state index contributed by atoms with van der Waals surface area (Å²) in [7, 11) is 0. The first-order valence-electron chi connectivity index (χ1n) is 10.8. The van der Waals surface area contributed by atoms with E-state index in [1.165, 1.54) is 0 Å². The van der Waals surface area contributed by atoms with Crippen molar-refractivity contribution in [2.45, 2.75) is 29.5 Å². The van der Waals surface area contributed by atoms with E-state index in [1.54, 1.807) is 48.5 Å². The van der Waals surface area contributed by atoms with E-state index in [9.17, 15) is 14.7 Å². The number of hydrogen-bond donors (Lipinski definition) is 1. The Labute approximate surface area is 217 Å². The Balaban J connectivity index is 1.47. The minimum Gasteiger partial charge on any atom is -0.461 e. The molecular weight excluding hydrogens is 511 g/mol. The van der Waals surface area contributed by atoms with Crippen molar-refractivity contribution in [1.82, 2.24) is 0 Å². The molecule has 4 atom stereocenters. The molecule has 3 aromatic rings. The molecule has 1 saturated heterocycles. The van der Waals surface area contributed by atoms with Gasteiger partial charge in [0.25, 0.3) is 0 Å². The number of esters is 2. The summed E-state index contributed by atoms with van der Waals surface area (Å²) in [5.74, 6) is -1.14. The van der Waals surface area contributed by atoms with Crippen molar-refractivity contribution >= 4 is 46.9 Å². The second-order valence-electron chi connectivity index (χ2n) is 7.81. The van der Waals surface area contributed by atoms with Crippen molar-refractivity contribution in [1.29, 1.82) is 0 Å². The number of rotatable bonds is 8. The number of aliphatic hydroxyl groups excluding tert-OH is 1. The van der Waals surface area contributed by atoms with Crippen LogP contribution in [0.25, 0.3) is 0 Å². The first-order valence-corrected chi connectivity index (χ1v) is 12.5. The van der Waals surface area contributed by atoms with Gasteiger partial charge in [0.05, 0.1) is 23.0 Å². The molecule has 9 heteroatoms. The number of thioether (sulfide) groups is 1. The molecule has 1 fully saturated rings. The molecule has 3 aromatic carbocycles. The maximum atomic E-state index is 12.8. The SMILES string of the molecule is O=C(OC[C@H]1SC(O)[C@H](OCc2ccccc2)[C@H]1OC(=O)c1ccc(Cl)cc1)c1ccc(Cl)cc1. The Morgan fingerprint density at radius 1 is 0.800 bits per heavy atom. The normalized spacial score (nSPS) is 21.5. The summed E-state index contributed by atoms with van der Waals surface area (Å²) in [5.41, 5.74) is 0.565. The first-order chi connectivity index (χ1) is 16.9. The minimum absolute atomic E-state index is 0.0903. The van der Waals surface area contributed by atoms with Gasteiger partial charge in [0.1, 0.15) is 24.3 Å². The zero-order valence-corrected chi connectivity index (χ0v) is 20.7. The fourth-order valence-corrected chi connectivity index (χ4v) is 5.04. The Morgan fingerprint density at radius 3 is 1.97 bits per heavy atom. The van der Waals surface area contributed by atoms with E-state index in [-0.39, 0.29) is 13.2 Å². The maximum Gasteiger partial charge on any atom is 0.338 e. The van der Waals surface area contributed by atoms with Gasteiger partial charge < -0.3 is 19.3 Å². The smallest absolute Gasteiger partial charge is 0.338 e. The Hall–Kier alpha value is -2.55. The summed E-state index contributed by atoms with van der Waals surface area (Å²) in [6, 6.07) is 22.1. The first kappa shape index (κ1) is 25.5. The number of halogens is 2. The second-order valence-corrected chi connectivity index (χ2v) is 10.0. The van der Waals surface area contributed by atoms with E-state index in [2.05, 4.69) is 0 Å². The lowest BCUT2D eigenvalue weighted by atomic mass is 10.1. The molecule has 0 aromatic heterocycles. The quantitative estimate of drug-likeness (QED) is 0.389. The van der Waals surface area contributed by atoms with Crippen LogP contribution in [-0.4, -0.2) is 46.5 Å². The largest absolute Gasteiger partial charge is 0.461 e. The monoisotopic (exact) mass is 532 g/mol. The minimum atomic E-state index is -0.985. The number of benzene rings is 3. The number of carbonyl (C=O) groups is 2. The van der Waals surface area contributed by atoms with Crippen LogP contribution < -0.4 is 0 Å². The molecule has 1 aliphatic heterocycles. The molecule has 0 aliphatic carbocycles. The lowest BCUT2D eigenvalue weighted by Crippen LogP contribution is -2.40. The Morgan fingerprint density at radius 2 is 1.37 bits per heavy atom. The van der Waals surface area contributed by atoms with Gasteiger partial charge in [0.15, 0.2) is 0 Å². The van der Waals surface area contributed by atoms with E-state index in [0.717, 1.165) is 17.3 Å². The lowest BCUT2D eigenvalue weighted by Gasteiger charge is -2.25. The van der Waals surface area contributed by atoms with Gasteiger partial charge in [-0.2, -0.15) is 0 Å². The molecule has 1 unspecified atom stereocenters. The zero-order chi connectivity index (χ0) is 24.8. The summed E-state index contributed by atoms with van der Waals surface area (Å²) in [5, 5.41) is 11.2. The molecule has 1 N–H and O–H groups in total. The highest BCUT2D eigenvalue weighted by Crippen LogP contribution is 2.38. The van der Waals surface area contributed by atoms with Crippen molar-refractivity contribution in [3.8, 4) is 0 Å². The van der Waals surface area contributed by atoms with Crippen LogP contribution >= 0.6 is 35.0 Å². The van der Waals surface area contributed by atoms with Crippen LogP contribution in [-0.2, 0) is 20.8 Å². The van der Waals surface area contributed by atoms with Crippen LogP contribution in [0.5, 0.6) is 0 Å². The van der Waals surface area contributed by atoms with Gasteiger partial charge in [0.2, 0.25) is 0 Å². The van der Waals surface area contributed by atoms with Gasteiger partial charge in [-0.25, -0.2) is 9.59 Å². The molecule has 1 heterocycles. The van der Waals surface area contributed by atoms with Gasteiger partial charge in [0, 0.05) is 10.0 Å². The van der Waals surface area contributed by atoms with E-state index in [0.29, 0.717) is 21.2 Å². The van der Waals surface area contributed by atoms with Crippen molar-refractivity contribution < 1.29 is 28.9 Å². The molecule has 0 amide bonds. The summed E-state index contributed by atoms with van der Waals surface area (Å²) < 4.78 is 17.2. The molecule has 0 saturated carbocycles. The topological polar surface area (TPSA) is 82.1 Å². The van der Waals surface area contributed by atoms with Crippen LogP contribution in [0.3, 0.4) is 0 Å². The van der Waals surface area contributed by atoms with E-state index in [1.807, 2.05) is 30.3 Å². The molecule has 0 bridgehead atoms. The lowest BCUT2D eigenvalue weighted by molar-refractivity contribution is -0.0821. The third-order valence-electron chi connectivity index (χ3n) is 5.35. The van der Waals surface area contributed by atoms with Gasteiger partial charge in [-0.05, 0) is 54.1 Å². The number of ether oxygens (including phenoxy) is 3. The standard InChI is InChI=1S/C26H22Cl2O6S/c27-19-10-6-17(7-11-19)24(29)33-15-21-22(34-25(30)18-8-12-20(28)13-9-18)23(26(31)35-21)32-14-16-4-2-1-3-5-16/h1-13,21-23,26,31H,14-15H2/t21-,22+,23-,26?/m1/s1. The molecule has 0 radical (unpaired) electrons. The molecule has 4 rings (SSSR count). The third-order valence-corrected chi connectivity index (χ3v) is 7.16. The predicted octanol–water partition coefficient (Wildman–Crippen LogP) is 5.40. The number of carbonyl (C=O) groups excluding carboxylic acids is 2. The average Bonchev–Trinajstić information content (AvgIpc) is 3.16. The van der Waals surface area contributed by atoms with Gasteiger partial charge in [-0.15, -0.1) is 11.8 Å². The zero-order valence-electron chi connectivity index (χ0n) is 18.4. The molecular formula is C26H22Cl2O6S. The molecule has 6 nitrogen and oxygen atoms in total. The van der Waals surface area contributed by atoms with E-state index < -0.39 is 34.8 Å². The number of aliphatic hydroxyl groups is 1. The van der Waals surface area contributed by atoms with E-state index in [4.69, 9.17) is 37.4 Å². The maximum absolute atomic E-state index is 12.8. The van der Waals surface area contributed by atoms with Crippen LogP contribution in [0.1, 0.15) is 26.3 Å². The van der Waals surface area contributed by atoms with Crippen molar-refractivity contribution in [2.75, 3.05) is 6.61 Å². The van der Waals surface area contributed by atoms with Crippen LogP contribution in [0.15, 0.2) is 78.9 Å². The van der Waals surface area contributed by atoms with Gasteiger partial charge in [-0.3, -0.25) is 0 Å². The predicted molar refractivity (Wildman–Crippen MR) is 135 cm³/mol. The third kappa shape index (κ3) is 6.78. The van der Waals surface area contributed by atoms with Crippen LogP contribution in [0.4, 0.5) is 0 Å². The van der Waals surface area contributed by atoms with E-state index >= 15 is 0 Å². The summed E-state index contributed by atoms with van der Waals surface area (Å²) in [6.45, 7) is 0.127. The van der Waals surface area contributed by atoms with Crippen molar-refractivity contribution in [3.63, 3.8) is 0 Å². The molecule has 182 valence electrons. The highest BCUT2D eigenvalue weighted by molar-refractivity contribution is 8.00. The summed E-state index contributed by atoms with van der Waals surface area (Å²) >= 11 is 12.9. The number of hydrogen-bond acceptors (Lipinski definition) is 7. The Kier molecular flexibility index (Phi) is 8.70. The van der Waals surface area contributed by atoms with Crippen molar-refractivity contribution in [2.24, 2.45) is 0 Å². The molecule has 35 heavy (non-hydrogen) atoms. The Bertz CT molecular complexity index is 1140. The van der Waals surface area contributed by atoms with Gasteiger partial charge in [-0.1, -0.05) is 53.5 Å². The average molecular weight is 533 g/mol. The summed E-state index contributed by atoms with van der Waals surface area (Å²) in [4.78, 5) is 25.3. The van der Waals surface area contributed by atoms with Crippen LogP contribution in [0.2, 0.25) is 10.0 Å². The fourth-order valence-electron chi connectivity index (χ4n) is 3.53. The van der Waals surface area contributed by atoms with Crippen LogP contribution in [0, 0.1) is 0 Å². The molecule has 1 aliphatic rings. The highest BCUT2D eigenvalue weighted by atomic mass is 35.5. The highest BCUT2D eigenvalue weighted by Gasteiger charge is 2.47. The fraction of sp³-hybridized carbons (Fsp3) is 0.231. The second kappa shape index (κ2) is 11.9. The van der Waals surface area contributed by atoms with Gasteiger partial charge >= 0.3 is 11.9 Å². The molecule has 0 spiro atoms.